The summed E-state index contributed by atoms with van der Waals surface area (Å²) in [6, 6.07) is 4.12. The molecule has 1 saturated heterocycles. The number of alkyl halides is 1. The van der Waals surface area contributed by atoms with E-state index in [1.54, 1.807) is 6.07 Å². The number of nitrogens with one attached hydrogen (secondary N) is 2. The molecule has 2 fully saturated rings. The summed E-state index contributed by atoms with van der Waals surface area (Å²) in [5, 5.41) is 7.16. The summed E-state index contributed by atoms with van der Waals surface area (Å²) in [5.74, 6) is 0.703. The molecule has 198 valence electrons. The van der Waals surface area contributed by atoms with Gasteiger partial charge in [0, 0.05) is 56.8 Å². The second-order valence-corrected chi connectivity index (χ2v) is 10.1. The first kappa shape index (κ1) is 26.7. The molecule has 8 nitrogen and oxygen atoms in total. The zero-order valence-corrected chi connectivity index (χ0v) is 22.1. The van der Waals surface area contributed by atoms with Gasteiger partial charge in [-0.3, -0.25) is 4.79 Å². The van der Waals surface area contributed by atoms with E-state index in [0.717, 1.165) is 37.4 Å². The summed E-state index contributed by atoms with van der Waals surface area (Å²) in [4.78, 5) is 25.4. The van der Waals surface area contributed by atoms with Crippen molar-refractivity contribution in [2.75, 3.05) is 56.4 Å². The van der Waals surface area contributed by atoms with Gasteiger partial charge in [0.15, 0.2) is 11.6 Å². The highest BCUT2D eigenvalue weighted by Gasteiger charge is 2.27. The molecule has 0 bridgehead atoms. The third-order valence-electron chi connectivity index (χ3n) is 7.37. The number of aromatic nitrogens is 2. The average Bonchev–Trinajstić information content (AvgIpc) is 2.91. The van der Waals surface area contributed by atoms with Crippen molar-refractivity contribution in [1.82, 2.24) is 20.2 Å². The van der Waals surface area contributed by atoms with Crippen molar-refractivity contribution < 1.29 is 13.9 Å². The molecule has 1 saturated carbocycles. The van der Waals surface area contributed by atoms with E-state index in [9.17, 15) is 9.18 Å². The molecular formula is C26H38ClFN6O2. The summed E-state index contributed by atoms with van der Waals surface area (Å²) >= 11 is 5.53. The monoisotopic (exact) mass is 520 g/mol. The number of hydrogen-bond acceptors (Lipinski definition) is 7. The summed E-state index contributed by atoms with van der Waals surface area (Å²) in [7, 11) is 3.36. The van der Waals surface area contributed by atoms with Crippen molar-refractivity contribution in [3.63, 3.8) is 0 Å². The van der Waals surface area contributed by atoms with Crippen molar-refractivity contribution >= 4 is 40.2 Å². The zero-order valence-electron chi connectivity index (χ0n) is 21.4. The molecular weight excluding hydrogens is 483 g/mol. The number of hydrogen-bond donors (Lipinski definition) is 2. The van der Waals surface area contributed by atoms with E-state index in [1.165, 1.54) is 45.3 Å². The number of nitrogens with zero attached hydrogens (tertiary/aromatic N) is 4. The molecule has 1 amide bonds. The summed E-state index contributed by atoms with van der Waals surface area (Å²) < 4.78 is 19.8. The predicted molar refractivity (Wildman–Crippen MR) is 143 cm³/mol. The molecule has 0 unspecified atom stereocenters. The molecule has 36 heavy (non-hydrogen) atoms. The van der Waals surface area contributed by atoms with Crippen molar-refractivity contribution in [2.45, 2.75) is 63.5 Å². The van der Waals surface area contributed by atoms with Gasteiger partial charge in [-0.25, -0.2) is 9.37 Å². The van der Waals surface area contributed by atoms with E-state index < -0.39 is 5.82 Å². The van der Waals surface area contributed by atoms with Gasteiger partial charge in [0.05, 0.1) is 12.6 Å². The molecule has 1 aromatic carbocycles. The smallest absolute Gasteiger partial charge is 0.234 e. The molecule has 2 aromatic rings. The Bertz CT molecular complexity index is 1030. The Balaban J connectivity index is 1.48. The van der Waals surface area contributed by atoms with E-state index in [-0.39, 0.29) is 17.5 Å². The fourth-order valence-electron chi connectivity index (χ4n) is 5.29. The number of fused-ring (bicyclic) bond motifs is 1. The lowest BCUT2D eigenvalue weighted by Gasteiger charge is -2.39. The molecule has 0 atom stereocenters. The Morgan fingerprint density at radius 3 is 2.64 bits per heavy atom. The maximum atomic E-state index is 14.5. The van der Waals surface area contributed by atoms with Gasteiger partial charge in [0.25, 0.3) is 0 Å². The van der Waals surface area contributed by atoms with Crippen molar-refractivity contribution in [3.8, 4) is 5.75 Å². The number of carbonyl (C=O) groups excluding carboxylic acids is 1. The fraction of sp³-hybridized carbons (Fsp3) is 0.654. The maximum Gasteiger partial charge on any atom is 0.234 e. The first-order valence-corrected chi connectivity index (χ1v) is 13.6. The highest BCUT2D eigenvalue weighted by atomic mass is 35.5. The van der Waals surface area contributed by atoms with E-state index in [0.29, 0.717) is 42.8 Å². The number of piperidine rings is 1. The van der Waals surface area contributed by atoms with Crippen LogP contribution in [0.1, 0.15) is 51.4 Å². The summed E-state index contributed by atoms with van der Waals surface area (Å²) in [6.45, 7) is 3.32. The number of amides is 1. The van der Waals surface area contributed by atoms with Crippen molar-refractivity contribution in [1.29, 1.82) is 0 Å². The van der Waals surface area contributed by atoms with Crippen LogP contribution in [0.3, 0.4) is 0 Å². The van der Waals surface area contributed by atoms with Crippen LogP contribution < -0.4 is 20.3 Å². The van der Waals surface area contributed by atoms with Crippen LogP contribution in [0, 0.1) is 5.82 Å². The van der Waals surface area contributed by atoms with Crippen LogP contribution in [0.15, 0.2) is 12.1 Å². The number of ether oxygens (including phenoxy) is 1. The van der Waals surface area contributed by atoms with Crippen LogP contribution >= 0.6 is 11.6 Å². The average molecular weight is 521 g/mol. The molecule has 1 aromatic heterocycles. The van der Waals surface area contributed by atoms with E-state index >= 15 is 0 Å². The maximum absolute atomic E-state index is 14.5. The Morgan fingerprint density at radius 1 is 1.19 bits per heavy atom. The fourth-order valence-corrected chi connectivity index (χ4v) is 5.39. The van der Waals surface area contributed by atoms with Crippen LogP contribution in [-0.4, -0.2) is 79.1 Å². The van der Waals surface area contributed by atoms with Crippen LogP contribution in [0.25, 0.3) is 10.9 Å². The van der Waals surface area contributed by atoms with Crippen LogP contribution in [0.2, 0.25) is 0 Å². The highest BCUT2D eigenvalue weighted by Crippen LogP contribution is 2.32. The number of halogens is 2. The standard InChI is InChI=1S/C26H38ClFN6O2/c1-33(12-6-11-29-24(35)17-27)26-31-22-16-21(28)23(36-2)15-20(22)25(32-26)30-18-9-13-34(14-10-18)19-7-4-3-5-8-19/h15-16,18-19H,3-14,17H2,1-2H3,(H,29,35)(H,30,31,32). The van der Waals surface area contributed by atoms with Gasteiger partial charge in [0.1, 0.15) is 11.7 Å². The Kier molecular flexibility index (Phi) is 9.42. The minimum atomic E-state index is -0.451. The molecule has 1 aliphatic carbocycles. The Hall–Kier alpha value is -2.39. The summed E-state index contributed by atoms with van der Waals surface area (Å²) in [6.07, 6.45) is 9.53. The van der Waals surface area contributed by atoms with Crippen LogP contribution in [0.4, 0.5) is 16.2 Å². The molecule has 4 rings (SSSR count). The SMILES string of the molecule is COc1cc2c(NC3CCN(C4CCCCC4)CC3)nc(N(C)CCCNC(=O)CCl)nc2cc1F. The molecule has 0 radical (unpaired) electrons. The number of benzene rings is 1. The minimum absolute atomic E-state index is 0.0483. The Labute approximate surface area is 217 Å². The second kappa shape index (κ2) is 12.7. The van der Waals surface area contributed by atoms with Gasteiger partial charge in [-0.05, 0) is 38.2 Å². The van der Waals surface area contributed by atoms with Gasteiger partial charge in [0.2, 0.25) is 11.9 Å². The van der Waals surface area contributed by atoms with Crippen molar-refractivity contribution in [3.05, 3.63) is 17.9 Å². The minimum Gasteiger partial charge on any atom is -0.494 e. The van der Waals surface area contributed by atoms with E-state index in [1.807, 2.05) is 11.9 Å². The first-order chi connectivity index (χ1) is 17.5. The van der Waals surface area contributed by atoms with Crippen molar-refractivity contribution in [2.24, 2.45) is 0 Å². The van der Waals surface area contributed by atoms with Gasteiger partial charge < -0.3 is 25.2 Å². The molecule has 2 aliphatic rings. The van der Waals surface area contributed by atoms with Gasteiger partial charge in [-0.2, -0.15) is 4.98 Å². The highest BCUT2D eigenvalue weighted by molar-refractivity contribution is 6.27. The van der Waals surface area contributed by atoms with E-state index in [4.69, 9.17) is 21.3 Å². The number of carbonyl (C=O) groups is 1. The van der Waals surface area contributed by atoms with Gasteiger partial charge >= 0.3 is 0 Å². The van der Waals surface area contributed by atoms with E-state index in [2.05, 4.69) is 20.5 Å². The number of anilines is 2. The van der Waals surface area contributed by atoms with Crippen LogP contribution in [0.5, 0.6) is 5.75 Å². The molecule has 1 aliphatic heterocycles. The first-order valence-electron chi connectivity index (χ1n) is 13.1. The van der Waals surface area contributed by atoms with Crippen LogP contribution in [-0.2, 0) is 4.79 Å². The topological polar surface area (TPSA) is 82.6 Å². The zero-order chi connectivity index (χ0) is 25.5. The lowest BCUT2D eigenvalue weighted by molar-refractivity contribution is -0.118. The summed E-state index contributed by atoms with van der Waals surface area (Å²) in [5.41, 5.74) is 0.530. The number of rotatable bonds is 10. The normalized spacial score (nSPS) is 17.8. The van der Waals surface area contributed by atoms with Gasteiger partial charge in [-0.15, -0.1) is 11.6 Å². The lowest BCUT2D eigenvalue weighted by atomic mass is 9.92. The molecule has 2 N–H and O–H groups in total. The molecule has 0 spiro atoms. The third kappa shape index (κ3) is 6.68. The largest absolute Gasteiger partial charge is 0.494 e. The number of methoxy groups -OCH3 is 1. The predicted octanol–water partition coefficient (Wildman–Crippen LogP) is 4.17. The van der Waals surface area contributed by atoms with Gasteiger partial charge in [-0.1, -0.05) is 19.3 Å². The molecule has 2 heterocycles. The quantitative estimate of drug-likeness (QED) is 0.359. The Morgan fingerprint density at radius 2 is 1.94 bits per heavy atom. The third-order valence-corrected chi connectivity index (χ3v) is 7.62. The second-order valence-electron chi connectivity index (χ2n) is 9.88. The molecule has 10 heteroatoms. The number of likely N-dealkylation sites (tertiary alicyclic amines) is 1. The lowest BCUT2D eigenvalue weighted by Crippen LogP contribution is -2.45.